The molecule has 0 radical (unpaired) electrons. The molecule has 1 N–H and O–H groups in total. The van der Waals surface area contributed by atoms with Gasteiger partial charge in [0.15, 0.2) is 5.78 Å². The van der Waals surface area contributed by atoms with Crippen molar-refractivity contribution in [1.82, 2.24) is 4.98 Å². The zero-order valence-electron chi connectivity index (χ0n) is 13.7. The molecule has 0 atom stereocenters. The Morgan fingerprint density at radius 2 is 1.88 bits per heavy atom. The molecule has 3 rings (SSSR count). The molecule has 0 unspecified atom stereocenters. The van der Waals surface area contributed by atoms with Crippen molar-refractivity contribution in [1.29, 1.82) is 0 Å². The maximum atomic E-state index is 13.8. The van der Waals surface area contributed by atoms with Gasteiger partial charge in [-0.3, -0.25) is 4.79 Å². The average molecular weight is 336 g/mol. The number of ether oxygens (including phenoxy) is 1. The smallest absolute Gasteiger partial charge is 0.219 e. The fourth-order valence-corrected chi connectivity index (χ4v) is 2.41. The maximum Gasteiger partial charge on any atom is 0.219 e. The number of anilines is 1. The molecule has 0 fully saturated rings. The number of nitrogens with one attached hydrogen (secondary N) is 1. The van der Waals surface area contributed by atoms with Crippen LogP contribution in [0, 0.1) is 5.82 Å². The molecule has 1 aromatic heterocycles. The molecule has 0 spiro atoms. The third kappa shape index (κ3) is 4.20. The van der Waals surface area contributed by atoms with Crippen LogP contribution in [0.5, 0.6) is 11.6 Å². The summed E-state index contributed by atoms with van der Waals surface area (Å²) >= 11 is 0. The van der Waals surface area contributed by atoms with E-state index in [1.807, 2.05) is 36.4 Å². The highest BCUT2D eigenvalue weighted by molar-refractivity contribution is 5.99. The van der Waals surface area contributed by atoms with E-state index in [2.05, 4.69) is 10.3 Å². The van der Waals surface area contributed by atoms with Crippen LogP contribution >= 0.6 is 0 Å². The van der Waals surface area contributed by atoms with Gasteiger partial charge >= 0.3 is 0 Å². The van der Waals surface area contributed by atoms with Gasteiger partial charge in [0.05, 0.1) is 5.56 Å². The molecule has 0 saturated carbocycles. The molecular weight excluding hydrogens is 319 g/mol. The van der Waals surface area contributed by atoms with Gasteiger partial charge < -0.3 is 10.1 Å². The predicted octanol–water partition coefficient (Wildman–Crippen LogP) is 4.83. The lowest BCUT2D eigenvalue weighted by molar-refractivity contribution is 0.101. The summed E-state index contributed by atoms with van der Waals surface area (Å²) in [5.74, 6) is 0.365. The van der Waals surface area contributed by atoms with Crippen molar-refractivity contribution < 1.29 is 13.9 Å². The molecule has 5 heteroatoms. The number of pyridine rings is 1. The summed E-state index contributed by atoms with van der Waals surface area (Å²) in [5.41, 5.74) is 1.43. The Morgan fingerprint density at radius 1 is 1.08 bits per heavy atom. The summed E-state index contributed by atoms with van der Waals surface area (Å²) < 4.78 is 19.4. The topological polar surface area (TPSA) is 51.2 Å². The summed E-state index contributed by atoms with van der Waals surface area (Å²) in [6, 6.07) is 17.6. The van der Waals surface area contributed by atoms with Gasteiger partial charge in [-0.05, 0) is 36.8 Å². The van der Waals surface area contributed by atoms with Crippen LogP contribution in [0.3, 0.4) is 0 Å². The highest BCUT2D eigenvalue weighted by Crippen LogP contribution is 2.21. The lowest BCUT2D eigenvalue weighted by atomic mass is 10.1. The fourth-order valence-electron chi connectivity index (χ4n) is 2.41. The van der Waals surface area contributed by atoms with Crippen molar-refractivity contribution in [2.75, 3.05) is 5.32 Å². The molecule has 0 bridgehead atoms. The van der Waals surface area contributed by atoms with Gasteiger partial charge in [0.25, 0.3) is 0 Å². The first-order valence-electron chi connectivity index (χ1n) is 7.84. The molecule has 3 aromatic rings. The van der Waals surface area contributed by atoms with Crippen molar-refractivity contribution in [3.05, 3.63) is 83.8 Å². The first-order chi connectivity index (χ1) is 12.1. The van der Waals surface area contributed by atoms with Crippen LogP contribution in [0.4, 0.5) is 10.1 Å². The summed E-state index contributed by atoms with van der Waals surface area (Å²) in [7, 11) is 0. The Morgan fingerprint density at radius 3 is 2.56 bits per heavy atom. The molecule has 0 amide bonds. The first-order valence-corrected chi connectivity index (χ1v) is 7.84. The maximum absolute atomic E-state index is 13.8. The van der Waals surface area contributed by atoms with E-state index >= 15 is 0 Å². The minimum Gasteiger partial charge on any atom is -0.439 e. The Balaban J connectivity index is 1.67. The van der Waals surface area contributed by atoms with Gasteiger partial charge in [0, 0.05) is 24.5 Å². The van der Waals surface area contributed by atoms with Crippen LogP contribution in [0.15, 0.2) is 66.9 Å². The Hall–Kier alpha value is -3.21. The van der Waals surface area contributed by atoms with Crippen molar-refractivity contribution >= 4 is 11.5 Å². The second-order valence-electron chi connectivity index (χ2n) is 5.49. The highest BCUT2D eigenvalue weighted by atomic mass is 19.1. The minimum atomic E-state index is -0.526. The van der Waals surface area contributed by atoms with E-state index < -0.39 is 5.82 Å². The number of rotatable bonds is 6. The van der Waals surface area contributed by atoms with E-state index in [0.717, 1.165) is 5.56 Å². The molecule has 0 aliphatic carbocycles. The van der Waals surface area contributed by atoms with E-state index in [1.165, 1.54) is 13.0 Å². The molecule has 1 heterocycles. The van der Waals surface area contributed by atoms with Gasteiger partial charge in [-0.2, -0.15) is 0 Å². The number of Topliss-reactive ketones (excluding diaryl/α,β-unsaturated/α-hetero) is 1. The van der Waals surface area contributed by atoms with E-state index in [1.54, 1.807) is 24.4 Å². The van der Waals surface area contributed by atoms with Crippen LogP contribution in [0.2, 0.25) is 0 Å². The number of aromatic nitrogens is 1. The number of carbonyl (C=O) groups excluding carboxylic acids is 1. The quantitative estimate of drug-likeness (QED) is 0.655. The zero-order chi connectivity index (χ0) is 17.6. The van der Waals surface area contributed by atoms with E-state index in [4.69, 9.17) is 4.74 Å². The van der Waals surface area contributed by atoms with Crippen LogP contribution in [0.25, 0.3) is 0 Å². The average Bonchev–Trinajstić information content (AvgIpc) is 2.62. The summed E-state index contributed by atoms with van der Waals surface area (Å²) in [4.78, 5) is 15.9. The van der Waals surface area contributed by atoms with Crippen molar-refractivity contribution in [3.8, 4) is 11.6 Å². The molecule has 25 heavy (non-hydrogen) atoms. The number of halogens is 1. The Labute approximate surface area is 145 Å². The summed E-state index contributed by atoms with van der Waals surface area (Å²) in [6.45, 7) is 1.77. The second-order valence-corrected chi connectivity index (χ2v) is 5.49. The highest BCUT2D eigenvalue weighted by Gasteiger charge is 2.12. The lowest BCUT2D eigenvalue weighted by Crippen LogP contribution is -2.07. The SMILES string of the molecule is CC(=O)c1c(F)cccc1NCc1ccc(Oc2ccccc2)nc1. The second kappa shape index (κ2) is 7.57. The first kappa shape index (κ1) is 16.6. The summed E-state index contributed by atoms with van der Waals surface area (Å²) in [6.07, 6.45) is 1.68. The van der Waals surface area contributed by atoms with E-state index in [-0.39, 0.29) is 11.3 Å². The number of carbonyl (C=O) groups is 1. The number of hydrogen-bond donors (Lipinski definition) is 1. The molecule has 126 valence electrons. The van der Waals surface area contributed by atoms with Crippen LogP contribution < -0.4 is 10.1 Å². The van der Waals surface area contributed by atoms with E-state index in [9.17, 15) is 9.18 Å². The van der Waals surface area contributed by atoms with Gasteiger partial charge in [-0.1, -0.05) is 30.3 Å². The molecule has 0 aliphatic rings. The van der Waals surface area contributed by atoms with Crippen LogP contribution in [0.1, 0.15) is 22.8 Å². The molecule has 4 nitrogen and oxygen atoms in total. The van der Waals surface area contributed by atoms with Crippen molar-refractivity contribution in [2.45, 2.75) is 13.5 Å². The van der Waals surface area contributed by atoms with Gasteiger partial charge in [0.1, 0.15) is 11.6 Å². The van der Waals surface area contributed by atoms with Gasteiger partial charge in [0.2, 0.25) is 5.88 Å². The molecule has 2 aromatic carbocycles. The van der Waals surface area contributed by atoms with Crippen molar-refractivity contribution in [2.24, 2.45) is 0 Å². The molecule has 0 saturated heterocycles. The number of nitrogens with zero attached hydrogens (tertiary/aromatic N) is 1. The number of para-hydroxylation sites is 1. The van der Waals surface area contributed by atoms with Crippen LogP contribution in [-0.4, -0.2) is 10.8 Å². The van der Waals surface area contributed by atoms with Gasteiger partial charge in [-0.25, -0.2) is 9.37 Å². The monoisotopic (exact) mass is 336 g/mol. The normalized spacial score (nSPS) is 10.3. The van der Waals surface area contributed by atoms with E-state index in [0.29, 0.717) is 23.9 Å². The Bertz CT molecular complexity index is 865. The minimum absolute atomic E-state index is 0.0690. The largest absolute Gasteiger partial charge is 0.439 e. The zero-order valence-corrected chi connectivity index (χ0v) is 13.7. The molecular formula is C20H17FN2O2. The number of ketones is 1. The Kier molecular flexibility index (Phi) is 5.04. The fraction of sp³-hybridized carbons (Fsp3) is 0.100. The number of hydrogen-bond acceptors (Lipinski definition) is 4. The van der Waals surface area contributed by atoms with Crippen LogP contribution in [-0.2, 0) is 6.54 Å². The molecule has 0 aliphatic heterocycles. The predicted molar refractivity (Wildman–Crippen MR) is 94.5 cm³/mol. The standard InChI is InChI=1S/C20H17FN2O2/c1-14(24)20-17(21)8-5-9-18(20)22-12-15-10-11-19(23-13-15)25-16-6-3-2-4-7-16/h2-11,13,22H,12H2,1H3. The van der Waals surface area contributed by atoms with Gasteiger partial charge in [-0.15, -0.1) is 0 Å². The summed E-state index contributed by atoms with van der Waals surface area (Å²) in [5, 5.41) is 3.08. The lowest BCUT2D eigenvalue weighted by Gasteiger charge is -2.11. The number of benzene rings is 2. The third-order valence-electron chi connectivity index (χ3n) is 3.61. The van der Waals surface area contributed by atoms with Crippen molar-refractivity contribution in [3.63, 3.8) is 0 Å². The third-order valence-corrected chi connectivity index (χ3v) is 3.61.